The number of amides is 3. The van der Waals surface area contributed by atoms with Crippen LogP contribution in [0, 0.1) is 12.7 Å². The predicted molar refractivity (Wildman–Crippen MR) is 114 cm³/mol. The highest BCUT2D eigenvalue weighted by Crippen LogP contribution is 2.20. The molecule has 30 heavy (non-hydrogen) atoms. The molecular weight excluding hydrogens is 407 g/mol. The lowest BCUT2D eigenvalue weighted by molar-refractivity contribution is -0.130. The predicted octanol–water partition coefficient (Wildman–Crippen LogP) is 2.63. The van der Waals surface area contributed by atoms with Crippen LogP contribution in [-0.2, 0) is 9.59 Å². The summed E-state index contributed by atoms with van der Waals surface area (Å²) in [5, 5.41) is 4.08. The number of rotatable bonds is 6. The smallest absolute Gasteiger partial charge is 0.269 e. The van der Waals surface area contributed by atoms with E-state index >= 15 is 0 Å². The first-order valence-corrected chi connectivity index (χ1v) is 9.78. The van der Waals surface area contributed by atoms with Gasteiger partial charge in [0, 0.05) is 17.8 Å². The van der Waals surface area contributed by atoms with Crippen LogP contribution in [-0.4, -0.2) is 45.3 Å². The third kappa shape index (κ3) is 4.62. The van der Waals surface area contributed by atoms with E-state index in [4.69, 9.17) is 12.2 Å². The quantitative estimate of drug-likeness (QED) is 0.692. The Bertz CT molecular complexity index is 996. The molecule has 0 spiro atoms. The number of hydrazine groups is 1. The average molecular weight is 428 g/mol. The van der Waals surface area contributed by atoms with Crippen molar-refractivity contribution >= 4 is 40.7 Å². The molecule has 0 aliphatic carbocycles. The van der Waals surface area contributed by atoms with Gasteiger partial charge in [0.15, 0.2) is 5.11 Å². The molecule has 0 radical (unpaired) electrons. The molecule has 2 N–H and O–H groups in total. The van der Waals surface area contributed by atoms with Gasteiger partial charge in [-0.15, -0.1) is 0 Å². The van der Waals surface area contributed by atoms with Gasteiger partial charge in [-0.2, -0.15) is 0 Å². The maximum absolute atomic E-state index is 13.1. The van der Waals surface area contributed by atoms with E-state index in [2.05, 4.69) is 10.7 Å². The monoisotopic (exact) mass is 428 g/mol. The summed E-state index contributed by atoms with van der Waals surface area (Å²) in [6.45, 7) is 3.95. The molecule has 3 amide bonds. The highest BCUT2D eigenvalue weighted by atomic mass is 32.1. The first-order chi connectivity index (χ1) is 14.3. The Labute approximate surface area is 178 Å². The minimum atomic E-state index is -0.980. The number of nitrogens with one attached hydrogen (secondary N) is 2. The Morgan fingerprint density at radius 1 is 1.17 bits per heavy atom. The highest BCUT2D eigenvalue weighted by Gasteiger charge is 2.43. The van der Waals surface area contributed by atoms with Crippen LogP contribution in [0.15, 0.2) is 48.5 Å². The Kier molecular flexibility index (Phi) is 6.41. The number of likely N-dealkylation sites (N-methyl/N-ethyl adjacent to an activating group) is 1. The van der Waals surface area contributed by atoms with Crippen molar-refractivity contribution < 1.29 is 18.8 Å². The van der Waals surface area contributed by atoms with Crippen LogP contribution in [0.3, 0.4) is 0 Å². The number of aryl methyl sites for hydroxylation is 1. The molecule has 1 aliphatic rings. The molecule has 1 saturated heterocycles. The summed E-state index contributed by atoms with van der Waals surface area (Å²) in [6, 6.07) is 11.3. The minimum absolute atomic E-state index is 0.103. The fourth-order valence-corrected chi connectivity index (χ4v) is 3.52. The normalized spacial score (nSPS) is 16.0. The molecule has 0 aromatic heterocycles. The minimum Gasteiger partial charge on any atom is -0.326 e. The largest absolute Gasteiger partial charge is 0.326 e. The molecule has 156 valence electrons. The third-order valence-corrected chi connectivity index (χ3v) is 5.04. The van der Waals surface area contributed by atoms with Gasteiger partial charge in [0.05, 0.1) is 6.42 Å². The van der Waals surface area contributed by atoms with Crippen molar-refractivity contribution in [3.63, 3.8) is 0 Å². The Balaban J connectivity index is 1.76. The van der Waals surface area contributed by atoms with Crippen LogP contribution >= 0.6 is 12.2 Å². The summed E-state index contributed by atoms with van der Waals surface area (Å²) in [7, 11) is 0. The van der Waals surface area contributed by atoms with E-state index in [1.54, 1.807) is 13.0 Å². The van der Waals surface area contributed by atoms with Crippen molar-refractivity contribution in [2.75, 3.05) is 11.9 Å². The van der Waals surface area contributed by atoms with Gasteiger partial charge in [-0.05, 0) is 68.0 Å². The SMILES string of the molecule is CCN1C(=O)C(CC(=O)Nc2cccc(C)c2)N(NC(=O)c2ccc(F)cc2)C1=S. The molecule has 7 nitrogen and oxygen atoms in total. The van der Waals surface area contributed by atoms with E-state index in [9.17, 15) is 18.8 Å². The van der Waals surface area contributed by atoms with Gasteiger partial charge < -0.3 is 5.32 Å². The van der Waals surface area contributed by atoms with Gasteiger partial charge in [-0.3, -0.25) is 24.7 Å². The second-order valence-electron chi connectivity index (χ2n) is 6.82. The molecule has 1 heterocycles. The van der Waals surface area contributed by atoms with Crippen molar-refractivity contribution in [3.8, 4) is 0 Å². The molecule has 3 rings (SSSR count). The van der Waals surface area contributed by atoms with Crippen LogP contribution < -0.4 is 10.7 Å². The fraction of sp³-hybridized carbons (Fsp3) is 0.238. The fourth-order valence-electron chi connectivity index (χ4n) is 3.13. The van der Waals surface area contributed by atoms with Crippen LogP contribution in [0.1, 0.15) is 29.3 Å². The second-order valence-corrected chi connectivity index (χ2v) is 7.19. The molecule has 2 aromatic carbocycles. The summed E-state index contributed by atoms with van der Waals surface area (Å²) < 4.78 is 13.1. The summed E-state index contributed by atoms with van der Waals surface area (Å²) in [5.74, 6) is -1.80. The zero-order valence-corrected chi connectivity index (χ0v) is 17.3. The molecule has 2 aromatic rings. The van der Waals surface area contributed by atoms with Gasteiger partial charge in [0.1, 0.15) is 11.9 Å². The Morgan fingerprint density at radius 3 is 2.50 bits per heavy atom. The number of thiocarbonyl (C=S) groups is 1. The summed E-state index contributed by atoms with van der Waals surface area (Å²) >= 11 is 5.33. The number of carbonyl (C=O) groups is 3. The maximum atomic E-state index is 13.1. The first kappa shape index (κ1) is 21.4. The summed E-state index contributed by atoms with van der Waals surface area (Å²) in [5.41, 5.74) is 4.37. The number of hydrogen-bond donors (Lipinski definition) is 2. The average Bonchev–Trinajstić information content (AvgIpc) is 2.91. The first-order valence-electron chi connectivity index (χ1n) is 9.37. The van der Waals surface area contributed by atoms with Crippen LogP contribution in [0.25, 0.3) is 0 Å². The van der Waals surface area contributed by atoms with Crippen LogP contribution in [0.5, 0.6) is 0 Å². The van der Waals surface area contributed by atoms with Gasteiger partial charge in [-0.25, -0.2) is 9.40 Å². The van der Waals surface area contributed by atoms with Crippen molar-refractivity contribution in [2.45, 2.75) is 26.3 Å². The van der Waals surface area contributed by atoms with Gasteiger partial charge >= 0.3 is 0 Å². The molecule has 1 aliphatic heterocycles. The lowest BCUT2D eigenvalue weighted by atomic mass is 10.1. The highest BCUT2D eigenvalue weighted by molar-refractivity contribution is 7.80. The Morgan fingerprint density at radius 2 is 1.87 bits per heavy atom. The lowest BCUT2D eigenvalue weighted by Crippen LogP contribution is -2.49. The molecule has 0 saturated carbocycles. The molecule has 9 heteroatoms. The maximum Gasteiger partial charge on any atom is 0.269 e. The molecule has 1 fully saturated rings. The number of carbonyl (C=O) groups excluding carboxylic acids is 3. The van der Waals surface area contributed by atoms with E-state index in [0.29, 0.717) is 12.2 Å². The van der Waals surface area contributed by atoms with E-state index < -0.39 is 17.8 Å². The van der Waals surface area contributed by atoms with E-state index in [-0.39, 0.29) is 28.9 Å². The molecular formula is C21H21FN4O3S. The molecule has 0 bridgehead atoms. The van der Waals surface area contributed by atoms with Crippen LogP contribution in [0.4, 0.5) is 10.1 Å². The standard InChI is InChI=1S/C21H21FN4O3S/c1-3-25-20(29)17(12-18(27)23-16-6-4-5-13(2)11-16)26(21(25)30)24-19(28)14-7-9-15(22)10-8-14/h4-11,17H,3,12H2,1-2H3,(H,23,27)(H,24,28). The zero-order chi connectivity index (χ0) is 21.8. The number of hydrogen-bond acceptors (Lipinski definition) is 4. The third-order valence-electron chi connectivity index (χ3n) is 4.62. The van der Waals surface area contributed by atoms with Gasteiger partial charge in [0.2, 0.25) is 5.91 Å². The zero-order valence-electron chi connectivity index (χ0n) is 16.5. The van der Waals surface area contributed by atoms with E-state index in [0.717, 1.165) is 17.7 Å². The topological polar surface area (TPSA) is 81.8 Å². The lowest BCUT2D eigenvalue weighted by Gasteiger charge is -2.24. The number of halogens is 1. The Hall–Kier alpha value is -3.33. The number of nitrogens with zero attached hydrogens (tertiary/aromatic N) is 2. The van der Waals surface area contributed by atoms with Crippen LogP contribution in [0.2, 0.25) is 0 Å². The molecule has 1 unspecified atom stereocenters. The van der Waals surface area contributed by atoms with Gasteiger partial charge in [0.25, 0.3) is 11.8 Å². The second kappa shape index (κ2) is 9.00. The van der Waals surface area contributed by atoms with Crippen molar-refractivity contribution in [1.29, 1.82) is 0 Å². The molecule has 1 atom stereocenters. The van der Waals surface area contributed by atoms with Crippen molar-refractivity contribution in [1.82, 2.24) is 15.3 Å². The summed E-state index contributed by atoms with van der Waals surface area (Å²) in [6.07, 6.45) is -0.201. The summed E-state index contributed by atoms with van der Waals surface area (Å²) in [4.78, 5) is 39.2. The van der Waals surface area contributed by atoms with E-state index in [1.165, 1.54) is 22.0 Å². The van der Waals surface area contributed by atoms with Crippen molar-refractivity contribution in [2.24, 2.45) is 0 Å². The number of benzene rings is 2. The number of anilines is 1. The van der Waals surface area contributed by atoms with Gasteiger partial charge in [-0.1, -0.05) is 12.1 Å². The van der Waals surface area contributed by atoms with Crippen molar-refractivity contribution in [3.05, 3.63) is 65.5 Å². The van der Waals surface area contributed by atoms with E-state index in [1.807, 2.05) is 25.1 Å².